The fourth-order valence-corrected chi connectivity index (χ4v) is 0.355. The van der Waals surface area contributed by atoms with Crippen LogP contribution in [0.3, 0.4) is 0 Å². The van der Waals surface area contributed by atoms with Crippen molar-refractivity contribution in [2.75, 3.05) is 6.54 Å². The number of hydrogen-bond donors (Lipinski definition) is 2. The van der Waals surface area contributed by atoms with E-state index in [9.17, 15) is 4.79 Å². The van der Waals surface area contributed by atoms with Gasteiger partial charge in [-0.1, -0.05) is 12.7 Å². The molecule has 0 spiro atoms. The second-order valence-electron chi connectivity index (χ2n) is 1.70. The maximum Gasteiger partial charge on any atom is 0.409 e. The molecule has 4 heteroatoms. The molecule has 0 aromatic carbocycles. The van der Waals surface area contributed by atoms with E-state index in [1.807, 2.05) is 0 Å². The van der Waals surface area contributed by atoms with E-state index in [0.717, 1.165) is 6.08 Å². The van der Waals surface area contributed by atoms with Crippen LogP contribution >= 0.6 is 0 Å². The fraction of sp³-hybridized carbons (Fsp3) is 0.286. The highest BCUT2D eigenvalue weighted by atomic mass is 16.6. The van der Waals surface area contributed by atoms with Crippen LogP contribution in [-0.4, -0.2) is 24.0 Å². The van der Waals surface area contributed by atoms with Crippen LogP contribution in [0.2, 0.25) is 0 Å². The topological polar surface area (TPSA) is 58.6 Å². The lowest BCUT2D eigenvalue weighted by atomic mass is 10.6. The van der Waals surface area contributed by atoms with Gasteiger partial charge in [0.2, 0.25) is 6.29 Å². The van der Waals surface area contributed by atoms with Crippen molar-refractivity contribution < 1.29 is 14.6 Å². The first kappa shape index (κ1) is 9.71. The third-order valence-corrected chi connectivity index (χ3v) is 0.820. The van der Waals surface area contributed by atoms with Crippen molar-refractivity contribution in [3.63, 3.8) is 0 Å². The molecule has 0 aliphatic carbocycles. The maximum atomic E-state index is 10.6. The molecule has 0 rings (SSSR count). The lowest BCUT2D eigenvalue weighted by Gasteiger charge is -2.06. The van der Waals surface area contributed by atoms with Crippen molar-refractivity contribution >= 4 is 6.09 Å². The third kappa shape index (κ3) is 5.17. The monoisotopic (exact) mass is 157 g/mol. The van der Waals surface area contributed by atoms with Crippen LogP contribution in [0.5, 0.6) is 0 Å². The van der Waals surface area contributed by atoms with Gasteiger partial charge < -0.3 is 15.2 Å². The van der Waals surface area contributed by atoms with Gasteiger partial charge in [-0.15, -0.1) is 6.58 Å². The second-order valence-corrected chi connectivity index (χ2v) is 1.70. The lowest BCUT2D eigenvalue weighted by molar-refractivity contribution is -0.0151. The first-order chi connectivity index (χ1) is 5.20. The maximum absolute atomic E-state index is 10.6. The summed E-state index contributed by atoms with van der Waals surface area (Å²) in [6.45, 7) is 6.91. The first-order valence-electron chi connectivity index (χ1n) is 3.06. The number of aliphatic hydroxyl groups is 1. The molecule has 0 heterocycles. The van der Waals surface area contributed by atoms with Gasteiger partial charge in [0.25, 0.3) is 0 Å². The number of ether oxygens (including phenoxy) is 1. The van der Waals surface area contributed by atoms with Crippen LogP contribution in [0.1, 0.15) is 0 Å². The molecule has 1 unspecified atom stereocenters. The number of aliphatic hydroxyl groups excluding tert-OH is 1. The predicted molar refractivity (Wildman–Crippen MR) is 40.9 cm³/mol. The van der Waals surface area contributed by atoms with E-state index in [2.05, 4.69) is 23.2 Å². The Kier molecular flexibility index (Phi) is 4.85. The van der Waals surface area contributed by atoms with E-state index in [1.54, 1.807) is 0 Å². The Bertz CT molecular complexity index is 156. The van der Waals surface area contributed by atoms with Crippen molar-refractivity contribution in [3.8, 4) is 0 Å². The van der Waals surface area contributed by atoms with Gasteiger partial charge >= 0.3 is 6.09 Å². The summed E-state index contributed by atoms with van der Waals surface area (Å²) in [5.74, 6) is 0. The van der Waals surface area contributed by atoms with E-state index >= 15 is 0 Å². The smallest absolute Gasteiger partial charge is 0.409 e. The third-order valence-electron chi connectivity index (χ3n) is 0.820. The minimum absolute atomic E-state index is 0.308. The van der Waals surface area contributed by atoms with E-state index in [0.29, 0.717) is 6.54 Å². The summed E-state index contributed by atoms with van der Waals surface area (Å²) in [5, 5.41) is 11.0. The van der Waals surface area contributed by atoms with E-state index in [1.165, 1.54) is 6.08 Å². The number of rotatable bonds is 4. The standard InChI is InChI=1S/C7H11NO3/c1-3-5-8-7(10)11-6(9)4-2/h3-4,6,9H,1-2,5H2,(H,8,10). The van der Waals surface area contributed by atoms with Crippen molar-refractivity contribution in [2.24, 2.45) is 0 Å². The molecule has 1 atom stereocenters. The number of nitrogens with one attached hydrogen (secondary N) is 1. The number of amides is 1. The van der Waals surface area contributed by atoms with Gasteiger partial charge in [-0.2, -0.15) is 0 Å². The molecule has 0 aromatic heterocycles. The Morgan fingerprint density at radius 1 is 1.73 bits per heavy atom. The highest BCUT2D eigenvalue weighted by Gasteiger charge is 2.04. The SMILES string of the molecule is C=CCNC(=O)OC(O)C=C. The molecule has 0 saturated heterocycles. The molecular weight excluding hydrogens is 146 g/mol. The summed E-state index contributed by atoms with van der Waals surface area (Å²) in [6, 6.07) is 0. The predicted octanol–water partition coefficient (Wildman–Crippen LogP) is 0.403. The van der Waals surface area contributed by atoms with Gasteiger partial charge in [-0.05, 0) is 6.08 Å². The average molecular weight is 157 g/mol. The summed E-state index contributed by atoms with van der Waals surface area (Å²) in [6.07, 6.45) is 0.659. The Morgan fingerprint density at radius 2 is 2.36 bits per heavy atom. The van der Waals surface area contributed by atoms with E-state index < -0.39 is 12.4 Å². The molecule has 4 nitrogen and oxygen atoms in total. The number of hydrogen-bond acceptors (Lipinski definition) is 3. The number of carbonyl (C=O) groups excluding carboxylic acids is 1. The van der Waals surface area contributed by atoms with Crippen molar-refractivity contribution in [2.45, 2.75) is 6.29 Å². The highest BCUT2D eigenvalue weighted by molar-refractivity contribution is 5.67. The summed E-state index contributed by atoms with van der Waals surface area (Å²) < 4.78 is 4.34. The largest absolute Gasteiger partial charge is 0.416 e. The Labute approximate surface area is 65.2 Å². The molecule has 2 N–H and O–H groups in total. The van der Waals surface area contributed by atoms with E-state index in [-0.39, 0.29) is 0 Å². The zero-order valence-electron chi connectivity index (χ0n) is 6.12. The van der Waals surface area contributed by atoms with Crippen molar-refractivity contribution in [1.82, 2.24) is 5.32 Å². The summed E-state index contributed by atoms with van der Waals surface area (Å²) >= 11 is 0. The quantitative estimate of drug-likeness (QED) is 0.459. The molecule has 0 aromatic rings. The van der Waals surface area contributed by atoms with Gasteiger partial charge in [0.1, 0.15) is 0 Å². The molecule has 0 fully saturated rings. The van der Waals surface area contributed by atoms with Crippen LogP contribution in [0.25, 0.3) is 0 Å². The van der Waals surface area contributed by atoms with Crippen molar-refractivity contribution in [3.05, 3.63) is 25.3 Å². The van der Waals surface area contributed by atoms with Crippen LogP contribution < -0.4 is 5.32 Å². The Hall–Kier alpha value is -1.29. The van der Waals surface area contributed by atoms with E-state index in [4.69, 9.17) is 5.11 Å². The van der Waals surface area contributed by atoms with Gasteiger partial charge in [0.05, 0.1) is 0 Å². The zero-order valence-corrected chi connectivity index (χ0v) is 6.12. The molecule has 0 aliphatic rings. The molecular formula is C7H11NO3. The Morgan fingerprint density at radius 3 is 2.82 bits per heavy atom. The first-order valence-corrected chi connectivity index (χ1v) is 3.06. The summed E-state index contributed by atoms with van der Waals surface area (Å²) in [7, 11) is 0. The molecule has 11 heavy (non-hydrogen) atoms. The highest BCUT2D eigenvalue weighted by Crippen LogP contribution is 1.87. The van der Waals surface area contributed by atoms with Gasteiger partial charge in [0.15, 0.2) is 0 Å². The van der Waals surface area contributed by atoms with Crippen molar-refractivity contribution in [1.29, 1.82) is 0 Å². The van der Waals surface area contributed by atoms with Gasteiger partial charge in [0, 0.05) is 6.54 Å². The lowest BCUT2D eigenvalue weighted by Crippen LogP contribution is -2.27. The molecule has 0 aliphatic heterocycles. The number of carbonyl (C=O) groups is 1. The second kappa shape index (κ2) is 5.49. The average Bonchev–Trinajstić information content (AvgIpc) is 2.00. The molecule has 0 saturated carbocycles. The summed E-state index contributed by atoms with van der Waals surface area (Å²) in [4.78, 5) is 10.6. The minimum atomic E-state index is -1.25. The normalized spacial score (nSPS) is 11.4. The minimum Gasteiger partial charge on any atom is -0.416 e. The Balaban J connectivity index is 3.51. The van der Waals surface area contributed by atoms with Crippen LogP contribution in [0, 0.1) is 0 Å². The van der Waals surface area contributed by atoms with Crippen LogP contribution in [0.15, 0.2) is 25.3 Å². The fourth-order valence-electron chi connectivity index (χ4n) is 0.355. The summed E-state index contributed by atoms with van der Waals surface area (Å²) in [5.41, 5.74) is 0. The van der Waals surface area contributed by atoms with Crippen LogP contribution in [-0.2, 0) is 4.74 Å². The molecule has 0 bridgehead atoms. The molecule has 0 radical (unpaired) electrons. The molecule has 62 valence electrons. The van der Waals surface area contributed by atoms with Gasteiger partial charge in [-0.3, -0.25) is 0 Å². The van der Waals surface area contributed by atoms with Gasteiger partial charge in [-0.25, -0.2) is 4.79 Å². The zero-order chi connectivity index (χ0) is 8.69. The number of alkyl carbamates (subject to hydrolysis) is 1. The molecule has 1 amide bonds. The van der Waals surface area contributed by atoms with Crippen LogP contribution in [0.4, 0.5) is 4.79 Å².